The Morgan fingerprint density at radius 3 is 2.40 bits per heavy atom. The first-order valence-electron chi connectivity index (χ1n) is 9.19. The number of hydrogen-bond donors (Lipinski definition) is 2. The lowest BCUT2D eigenvalue weighted by atomic mass is 10.1. The van der Waals surface area contributed by atoms with E-state index in [1.54, 1.807) is 4.90 Å². The second-order valence-corrected chi connectivity index (χ2v) is 8.36. The second-order valence-electron chi connectivity index (χ2n) is 6.85. The van der Waals surface area contributed by atoms with Crippen molar-refractivity contribution in [1.29, 1.82) is 0 Å². The van der Waals surface area contributed by atoms with E-state index < -0.39 is 32.7 Å². The standard InChI is InChI=1S/C18H20F3N5O3S/c19-18(20,21)12-10-13(16(23-11-12)26-8-3-1-2-4-9-26)17(27)25-14-6-5-7-15(24-14)30(22,28)29/h5-7,10-11H,1-4,8-9H2,(H2,22,28,29)(H,24,25,27). The number of rotatable bonds is 4. The summed E-state index contributed by atoms with van der Waals surface area (Å²) >= 11 is 0. The number of nitrogens with one attached hydrogen (secondary N) is 1. The van der Waals surface area contributed by atoms with Gasteiger partial charge < -0.3 is 10.2 Å². The Morgan fingerprint density at radius 1 is 1.13 bits per heavy atom. The number of halogens is 3. The number of carbonyl (C=O) groups excluding carboxylic acids is 1. The maximum Gasteiger partial charge on any atom is 0.417 e. The van der Waals surface area contributed by atoms with Crippen molar-refractivity contribution in [1.82, 2.24) is 9.97 Å². The van der Waals surface area contributed by atoms with Crippen LogP contribution in [-0.4, -0.2) is 37.4 Å². The summed E-state index contributed by atoms with van der Waals surface area (Å²) in [6, 6.07) is 4.49. The number of amides is 1. The number of primary sulfonamides is 1. The van der Waals surface area contributed by atoms with Crippen molar-refractivity contribution < 1.29 is 26.4 Å². The summed E-state index contributed by atoms with van der Waals surface area (Å²) in [4.78, 5) is 22.3. The molecule has 0 unspecified atom stereocenters. The zero-order valence-corrected chi connectivity index (χ0v) is 16.6. The third-order valence-electron chi connectivity index (χ3n) is 4.60. The summed E-state index contributed by atoms with van der Waals surface area (Å²) in [6.07, 6.45) is -0.322. The Morgan fingerprint density at radius 2 is 1.80 bits per heavy atom. The fourth-order valence-corrected chi connectivity index (χ4v) is 3.63. The van der Waals surface area contributed by atoms with Gasteiger partial charge in [0.1, 0.15) is 11.6 Å². The fraction of sp³-hybridized carbons (Fsp3) is 0.389. The molecule has 3 N–H and O–H groups in total. The summed E-state index contributed by atoms with van der Waals surface area (Å²) in [5.74, 6) is -0.900. The zero-order chi connectivity index (χ0) is 21.9. The maximum absolute atomic E-state index is 13.2. The van der Waals surface area contributed by atoms with E-state index in [2.05, 4.69) is 15.3 Å². The van der Waals surface area contributed by atoms with Crippen LogP contribution in [-0.2, 0) is 16.2 Å². The second kappa shape index (κ2) is 8.56. The lowest BCUT2D eigenvalue weighted by molar-refractivity contribution is -0.137. The van der Waals surface area contributed by atoms with Gasteiger partial charge in [-0.2, -0.15) is 13.2 Å². The predicted molar refractivity (Wildman–Crippen MR) is 103 cm³/mol. The molecule has 0 aliphatic carbocycles. The van der Waals surface area contributed by atoms with Crippen molar-refractivity contribution in [3.63, 3.8) is 0 Å². The Kier molecular flexibility index (Phi) is 6.27. The number of pyridine rings is 2. The summed E-state index contributed by atoms with van der Waals surface area (Å²) < 4.78 is 62.5. The van der Waals surface area contributed by atoms with Gasteiger partial charge in [0.05, 0.1) is 11.1 Å². The van der Waals surface area contributed by atoms with Gasteiger partial charge in [-0.1, -0.05) is 18.9 Å². The highest BCUT2D eigenvalue weighted by Gasteiger charge is 2.33. The Bertz CT molecular complexity index is 1040. The summed E-state index contributed by atoms with van der Waals surface area (Å²) in [5.41, 5.74) is -1.33. The molecule has 0 aromatic carbocycles. The van der Waals surface area contributed by atoms with Gasteiger partial charge in [0, 0.05) is 19.3 Å². The predicted octanol–water partition coefficient (Wildman–Crippen LogP) is 2.78. The van der Waals surface area contributed by atoms with E-state index in [0.29, 0.717) is 19.3 Å². The number of carbonyl (C=O) groups is 1. The number of nitrogens with two attached hydrogens (primary N) is 1. The van der Waals surface area contributed by atoms with Crippen molar-refractivity contribution >= 4 is 27.6 Å². The molecule has 2 aromatic heterocycles. The molecule has 0 bridgehead atoms. The molecule has 12 heteroatoms. The van der Waals surface area contributed by atoms with E-state index in [1.807, 2.05) is 0 Å². The van der Waals surface area contributed by atoms with Crippen LogP contribution in [0.5, 0.6) is 0 Å². The minimum atomic E-state index is -4.68. The monoisotopic (exact) mass is 443 g/mol. The highest BCUT2D eigenvalue weighted by Crippen LogP contribution is 2.32. The molecule has 30 heavy (non-hydrogen) atoms. The summed E-state index contributed by atoms with van der Waals surface area (Å²) in [7, 11) is -4.11. The van der Waals surface area contributed by atoms with E-state index >= 15 is 0 Å². The number of anilines is 2. The van der Waals surface area contributed by atoms with E-state index in [1.165, 1.54) is 12.1 Å². The van der Waals surface area contributed by atoms with Gasteiger partial charge in [-0.05, 0) is 31.0 Å². The first-order chi connectivity index (χ1) is 14.1. The maximum atomic E-state index is 13.2. The summed E-state index contributed by atoms with van der Waals surface area (Å²) in [5, 5.41) is 6.89. The molecule has 3 heterocycles. The molecule has 0 radical (unpaired) electrons. The van der Waals surface area contributed by atoms with Gasteiger partial charge in [0.2, 0.25) is 0 Å². The van der Waals surface area contributed by atoms with E-state index in [0.717, 1.165) is 37.8 Å². The molecule has 3 rings (SSSR count). The molecular formula is C18H20F3N5O3S. The summed E-state index contributed by atoms with van der Waals surface area (Å²) in [6.45, 7) is 1.13. The van der Waals surface area contributed by atoms with Crippen LogP contribution in [0.2, 0.25) is 0 Å². The largest absolute Gasteiger partial charge is 0.417 e. The van der Waals surface area contributed by atoms with Crippen LogP contribution in [0.25, 0.3) is 0 Å². The van der Waals surface area contributed by atoms with Crippen LogP contribution < -0.4 is 15.4 Å². The van der Waals surface area contributed by atoms with Crippen LogP contribution >= 0.6 is 0 Å². The number of nitrogens with zero attached hydrogens (tertiary/aromatic N) is 3. The average Bonchev–Trinajstić information content (AvgIpc) is 2.96. The van der Waals surface area contributed by atoms with Gasteiger partial charge in [-0.3, -0.25) is 4.79 Å². The number of aromatic nitrogens is 2. The minimum Gasteiger partial charge on any atom is -0.356 e. The van der Waals surface area contributed by atoms with Crippen LogP contribution in [0.1, 0.15) is 41.6 Å². The van der Waals surface area contributed by atoms with Crippen LogP contribution in [0.15, 0.2) is 35.5 Å². The van der Waals surface area contributed by atoms with E-state index in [9.17, 15) is 26.4 Å². The van der Waals surface area contributed by atoms with Crippen molar-refractivity contribution in [3.8, 4) is 0 Å². The normalized spacial score (nSPS) is 15.5. The highest BCUT2D eigenvalue weighted by atomic mass is 32.2. The minimum absolute atomic E-state index is 0.144. The molecule has 1 aliphatic heterocycles. The van der Waals surface area contributed by atoms with Crippen LogP contribution in [0.4, 0.5) is 24.8 Å². The van der Waals surface area contributed by atoms with Gasteiger partial charge in [0.25, 0.3) is 15.9 Å². The smallest absolute Gasteiger partial charge is 0.356 e. The third-order valence-corrected chi connectivity index (χ3v) is 5.41. The SMILES string of the molecule is NS(=O)(=O)c1cccc(NC(=O)c2cc(C(F)(F)F)cnc2N2CCCCCC2)n1. The molecular weight excluding hydrogens is 423 g/mol. The molecule has 0 spiro atoms. The Hall–Kier alpha value is -2.73. The van der Waals surface area contributed by atoms with E-state index in [4.69, 9.17) is 5.14 Å². The van der Waals surface area contributed by atoms with Crippen molar-refractivity contribution in [3.05, 3.63) is 41.6 Å². The average molecular weight is 443 g/mol. The topological polar surface area (TPSA) is 118 Å². The first kappa shape index (κ1) is 22.0. The van der Waals surface area contributed by atoms with Gasteiger partial charge >= 0.3 is 6.18 Å². The Labute approximate surface area is 171 Å². The molecule has 1 saturated heterocycles. The molecule has 1 aliphatic rings. The van der Waals surface area contributed by atoms with Gasteiger partial charge in [-0.15, -0.1) is 0 Å². The fourth-order valence-electron chi connectivity index (χ4n) is 3.14. The number of hydrogen-bond acceptors (Lipinski definition) is 6. The van der Waals surface area contributed by atoms with Crippen molar-refractivity contribution in [2.75, 3.05) is 23.3 Å². The van der Waals surface area contributed by atoms with Gasteiger partial charge in [-0.25, -0.2) is 23.5 Å². The quantitative estimate of drug-likeness (QED) is 0.750. The third kappa shape index (κ3) is 5.25. The molecule has 8 nitrogen and oxygen atoms in total. The first-order valence-corrected chi connectivity index (χ1v) is 10.7. The highest BCUT2D eigenvalue weighted by molar-refractivity contribution is 7.89. The molecule has 2 aromatic rings. The van der Waals surface area contributed by atoms with Gasteiger partial charge in [0.15, 0.2) is 5.03 Å². The number of sulfonamides is 1. The molecule has 0 atom stereocenters. The van der Waals surface area contributed by atoms with Crippen molar-refractivity contribution in [2.45, 2.75) is 36.9 Å². The lowest BCUT2D eigenvalue weighted by Gasteiger charge is -2.24. The molecule has 1 amide bonds. The molecule has 162 valence electrons. The van der Waals surface area contributed by atoms with Crippen molar-refractivity contribution in [2.24, 2.45) is 5.14 Å². The molecule has 0 saturated carbocycles. The van der Waals surface area contributed by atoms with Crippen LogP contribution in [0, 0.1) is 0 Å². The number of alkyl halides is 3. The van der Waals surface area contributed by atoms with E-state index in [-0.39, 0.29) is 17.2 Å². The zero-order valence-electron chi connectivity index (χ0n) is 15.8. The molecule has 1 fully saturated rings. The lowest BCUT2D eigenvalue weighted by Crippen LogP contribution is -2.29. The Balaban J connectivity index is 1.98. The van der Waals surface area contributed by atoms with Crippen LogP contribution in [0.3, 0.4) is 0 Å².